The van der Waals surface area contributed by atoms with Crippen molar-refractivity contribution < 1.29 is 0 Å². The Morgan fingerprint density at radius 3 is 2.00 bits per heavy atom. The van der Waals surface area contributed by atoms with Gasteiger partial charge in [-0.2, -0.15) is 0 Å². The Kier molecular flexibility index (Phi) is 4.45. The third-order valence-electron chi connectivity index (χ3n) is 2.56. The molecule has 0 spiro atoms. The summed E-state index contributed by atoms with van der Waals surface area (Å²) in [6, 6.07) is 18.9. The predicted octanol–water partition coefficient (Wildman–Crippen LogP) is 5.57. The van der Waals surface area contributed by atoms with Crippen LogP contribution >= 0.6 is 47.8 Å². The molecule has 0 aliphatic rings. The van der Waals surface area contributed by atoms with Crippen LogP contribution in [0.5, 0.6) is 0 Å². The summed E-state index contributed by atoms with van der Waals surface area (Å²) >= 11 is 10.8. The SMILES string of the molecule is BrC(Br)(Br)c1ccccc1Cc1ccccc1. The first-order chi connectivity index (χ1) is 8.07. The van der Waals surface area contributed by atoms with Crippen LogP contribution in [0.3, 0.4) is 0 Å². The Morgan fingerprint density at radius 2 is 1.35 bits per heavy atom. The number of halogens is 3. The van der Waals surface area contributed by atoms with Crippen LogP contribution in [0.1, 0.15) is 16.7 Å². The normalized spacial score (nSPS) is 11.5. The van der Waals surface area contributed by atoms with Crippen LogP contribution in [-0.2, 0) is 8.56 Å². The van der Waals surface area contributed by atoms with Crippen LogP contribution < -0.4 is 0 Å². The lowest BCUT2D eigenvalue weighted by Crippen LogP contribution is -2.03. The van der Waals surface area contributed by atoms with E-state index in [2.05, 4.69) is 90.3 Å². The van der Waals surface area contributed by atoms with E-state index in [0.29, 0.717) is 0 Å². The van der Waals surface area contributed by atoms with Gasteiger partial charge in [-0.05, 0) is 23.1 Å². The molecule has 0 saturated carbocycles. The third-order valence-corrected chi connectivity index (χ3v) is 3.84. The lowest BCUT2D eigenvalue weighted by molar-refractivity contribution is 1.14. The summed E-state index contributed by atoms with van der Waals surface area (Å²) in [5, 5.41) is 0. The summed E-state index contributed by atoms with van der Waals surface area (Å²) in [5.74, 6) is 0. The summed E-state index contributed by atoms with van der Waals surface area (Å²) in [6.07, 6.45) is 0.932. The molecule has 0 aliphatic carbocycles. The van der Waals surface area contributed by atoms with Crippen LogP contribution in [-0.4, -0.2) is 0 Å². The summed E-state index contributed by atoms with van der Waals surface area (Å²) in [4.78, 5) is 0. The molecule has 88 valence electrons. The summed E-state index contributed by atoms with van der Waals surface area (Å²) in [7, 11) is 0. The van der Waals surface area contributed by atoms with E-state index in [1.165, 1.54) is 16.7 Å². The van der Waals surface area contributed by atoms with Gasteiger partial charge >= 0.3 is 0 Å². The van der Waals surface area contributed by atoms with E-state index < -0.39 is 0 Å². The van der Waals surface area contributed by atoms with Crippen LogP contribution in [0, 0.1) is 0 Å². The molecule has 2 aromatic rings. The van der Waals surface area contributed by atoms with Gasteiger partial charge in [0.15, 0.2) is 2.14 Å². The van der Waals surface area contributed by atoms with Crippen molar-refractivity contribution in [2.45, 2.75) is 8.56 Å². The van der Waals surface area contributed by atoms with E-state index in [1.807, 2.05) is 12.1 Å². The standard InChI is InChI=1S/C14H11Br3/c15-14(16,17)13-9-5-4-8-12(13)10-11-6-2-1-3-7-11/h1-9H,10H2. The van der Waals surface area contributed by atoms with Crippen molar-refractivity contribution in [3.05, 3.63) is 71.3 Å². The highest BCUT2D eigenvalue weighted by Gasteiger charge is 2.23. The fraction of sp³-hybridized carbons (Fsp3) is 0.143. The quantitative estimate of drug-likeness (QED) is 0.559. The molecule has 0 amide bonds. The molecule has 0 N–H and O–H groups in total. The Hall–Kier alpha value is -0.120. The summed E-state index contributed by atoms with van der Waals surface area (Å²) in [6.45, 7) is 0. The zero-order valence-corrected chi connectivity index (χ0v) is 13.8. The maximum absolute atomic E-state index is 3.58. The van der Waals surface area contributed by atoms with Crippen molar-refractivity contribution in [2.24, 2.45) is 0 Å². The molecule has 3 heteroatoms. The first-order valence-corrected chi connectivity index (χ1v) is 7.64. The molecule has 0 aromatic heterocycles. The number of benzene rings is 2. The van der Waals surface area contributed by atoms with Gasteiger partial charge in [-0.1, -0.05) is 102 Å². The highest BCUT2D eigenvalue weighted by Crippen LogP contribution is 2.45. The Balaban J connectivity index is 2.34. The lowest BCUT2D eigenvalue weighted by Gasteiger charge is -2.17. The van der Waals surface area contributed by atoms with Gasteiger partial charge in [0.25, 0.3) is 0 Å². The minimum atomic E-state index is -0.349. The largest absolute Gasteiger partial charge is 0.160 e. The van der Waals surface area contributed by atoms with E-state index >= 15 is 0 Å². The van der Waals surface area contributed by atoms with E-state index in [-0.39, 0.29) is 2.14 Å². The molecule has 0 atom stereocenters. The molecule has 0 heterocycles. The van der Waals surface area contributed by atoms with Crippen molar-refractivity contribution in [3.63, 3.8) is 0 Å². The number of rotatable bonds is 2. The number of alkyl halides is 3. The fourth-order valence-corrected chi connectivity index (χ4v) is 2.93. The fourth-order valence-electron chi connectivity index (χ4n) is 1.77. The van der Waals surface area contributed by atoms with Crippen molar-refractivity contribution in [2.75, 3.05) is 0 Å². The number of hydrogen-bond donors (Lipinski definition) is 0. The minimum Gasteiger partial charge on any atom is -0.0622 e. The average Bonchev–Trinajstić information content (AvgIpc) is 2.30. The van der Waals surface area contributed by atoms with Crippen molar-refractivity contribution in [1.29, 1.82) is 0 Å². The molecule has 2 aromatic carbocycles. The summed E-state index contributed by atoms with van der Waals surface area (Å²) < 4.78 is -0.349. The van der Waals surface area contributed by atoms with Crippen LogP contribution in [0.4, 0.5) is 0 Å². The molecular formula is C14H11Br3. The molecular weight excluding hydrogens is 408 g/mol. The topological polar surface area (TPSA) is 0 Å². The maximum atomic E-state index is 3.58. The highest BCUT2D eigenvalue weighted by atomic mass is 80.0. The maximum Gasteiger partial charge on any atom is 0.160 e. The lowest BCUT2D eigenvalue weighted by atomic mass is 10.0. The van der Waals surface area contributed by atoms with Gasteiger partial charge in [0, 0.05) is 0 Å². The molecule has 0 aliphatic heterocycles. The molecule has 0 nitrogen and oxygen atoms in total. The first kappa shape index (κ1) is 13.3. The van der Waals surface area contributed by atoms with E-state index in [9.17, 15) is 0 Å². The molecule has 0 fully saturated rings. The van der Waals surface area contributed by atoms with Crippen LogP contribution in [0.2, 0.25) is 0 Å². The Bertz CT molecular complexity index is 486. The Labute approximate surface area is 127 Å². The molecule has 0 unspecified atom stereocenters. The van der Waals surface area contributed by atoms with Gasteiger partial charge < -0.3 is 0 Å². The smallest absolute Gasteiger partial charge is 0.0622 e. The van der Waals surface area contributed by atoms with Gasteiger partial charge in [0.05, 0.1) is 0 Å². The average molecular weight is 419 g/mol. The predicted molar refractivity (Wildman–Crippen MR) is 84.1 cm³/mol. The second-order valence-electron chi connectivity index (χ2n) is 3.82. The summed E-state index contributed by atoms with van der Waals surface area (Å²) in [5.41, 5.74) is 3.81. The van der Waals surface area contributed by atoms with Gasteiger partial charge in [-0.3, -0.25) is 0 Å². The minimum absolute atomic E-state index is 0.349. The zero-order valence-electron chi connectivity index (χ0n) is 9.04. The second-order valence-corrected chi connectivity index (χ2v) is 10.6. The van der Waals surface area contributed by atoms with E-state index in [4.69, 9.17) is 0 Å². The monoisotopic (exact) mass is 416 g/mol. The molecule has 2 rings (SSSR count). The van der Waals surface area contributed by atoms with E-state index in [1.54, 1.807) is 0 Å². The molecule has 0 bridgehead atoms. The van der Waals surface area contributed by atoms with Crippen molar-refractivity contribution in [1.82, 2.24) is 0 Å². The van der Waals surface area contributed by atoms with Crippen molar-refractivity contribution >= 4 is 47.8 Å². The van der Waals surface area contributed by atoms with Gasteiger partial charge in [0.2, 0.25) is 0 Å². The van der Waals surface area contributed by atoms with Gasteiger partial charge in [-0.15, -0.1) is 0 Å². The van der Waals surface area contributed by atoms with Gasteiger partial charge in [0.1, 0.15) is 0 Å². The second kappa shape index (κ2) is 5.68. The van der Waals surface area contributed by atoms with Gasteiger partial charge in [-0.25, -0.2) is 0 Å². The molecule has 17 heavy (non-hydrogen) atoms. The number of hydrogen-bond acceptors (Lipinski definition) is 0. The molecule has 0 radical (unpaired) electrons. The van der Waals surface area contributed by atoms with Crippen LogP contribution in [0.25, 0.3) is 0 Å². The third kappa shape index (κ3) is 3.67. The van der Waals surface area contributed by atoms with Crippen LogP contribution in [0.15, 0.2) is 54.6 Å². The Morgan fingerprint density at radius 1 is 0.765 bits per heavy atom. The highest BCUT2D eigenvalue weighted by molar-refractivity contribution is 9.38. The molecule has 0 saturated heterocycles. The van der Waals surface area contributed by atoms with E-state index in [0.717, 1.165) is 6.42 Å². The first-order valence-electron chi connectivity index (χ1n) is 5.26. The zero-order chi connectivity index (χ0) is 12.3. The van der Waals surface area contributed by atoms with Crippen molar-refractivity contribution in [3.8, 4) is 0 Å².